The number of unbranched alkanes of at least 4 members (excludes halogenated alkanes) is 12. The van der Waals surface area contributed by atoms with E-state index in [1.807, 2.05) is 0 Å². The van der Waals surface area contributed by atoms with Gasteiger partial charge in [0, 0.05) is 6.54 Å². The van der Waals surface area contributed by atoms with Crippen LogP contribution < -0.4 is 5.32 Å². The maximum absolute atomic E-state index is 11.3. The first-order valence-corrected chi connectivity index (χ1v) is 9.90. The van der Waals surface area contributed by atoms with E-state index in [9.17, 15) is 4.79 Å². The van der Waals surface area contributed by atoms with Gasteiger partial charge in [-0.3, -0.25) is 0 Å². The molecule has 0 aromatic heterocycles. The highest BCUT2D eigenvalue weighted by atomic mass is 16.6. The minimum absolute atomic E-state index is 0.166. The van der Waals surface area contributed by atoms with Crippen LogP contribution in [0, 0.1) is 0 Å². The van der Waals surface area contributed by atoms with Crippen molar-refractivity contribution in [1.29, 1.82) is 0 Å². The van der Waals surface area contributed by atoms with Crippen molar-refractivity contribution < 1.29 is 19.7 Å². The van der Waals surface area contributed by atoms with Crippen LogP contribution in [0.4, 0.5) is 4.79 Å². The molecule has 0 aliphatic heterocycles. The number of aliphatic hydroxyl groups is 2. The highest BCUT2D eigenvalue weighted by molar-refractivity contribution is 5.67. The molecule has 0 aromatic rings. The second-order valence-corrected chi connectivity index (χ2v) is 6.60. The summed E-state index contributed by atoms with van der Waals surface area (Å²) in [5.74, 6) is 0. The van der Waals surface area contributed by atoms with Gasteiger partial charge in [-0.1, -0.05) is 84.0 Å². The molecular weight excluding hydrogens is 306 g/mol. The lowest BCUT2D eigenvalue weighted by molar-refractivity contribution is 0.0322. The number of hydrogen-bond acceptors (Lipinski definition) is 4. The molecule has 5 nitrogen and oxygen atoms in total. The average Bonchev–Trinajstić information content (AvgIpc) is 2.59. The van der Waals surface area contributed by atoms with E-state index in [0.717, 1.165) is 12.8 Å². The van der Waals surface area contributed by atoms with Crippen LogP contribution in [-0.4, -0.2) is 42.2 Å². The maximum Gasteiger partial charge on any atom is 0.407 e. The van der Waals surface area contributed by atoms with Gasteiger partial charge in [-0.2, -0.15) is 0 Å². The van der Waals surface area contributed by atoms with E-state index in [0.29, 0.717) is 6.54 Å². The van der Waals surface area contributed by atoms with Crippen LogP contribution in [0.1, 0.15) is 90.4 Å². The van der Waals surface area contributed by atoms with Crippen LogP contribution in [0.5, 0.6) is 0 Å². The zero-order valence-corrected chi connectivity index (χ0v) is 15.6. The van der Waals surface area contributed by atoms with Crippen molar-refractivity contribution in [3.05, 3.63) is 0 Å². The molecule has 0 saturated heterocycles. The quantitative estimate of drug-likeness (QED) is 0.346. The Morgan fingerprint density at radius 1 is 0.875 bits per heavy atom. The average molecular weight is 346 g/mol. The summed E-state index contributed by atoms with van der Waals surface area (Å²) in [6, 6.07) is 0. The van der Waals surface area contributed by atoms with E-state index < -0.39 is 18.8 Å². The zero-order chi connectivity index (χ0) is 17.9. The van der Waals surface area contributed by atoms with Crippen LogP contribution in [-0.2, 0) is 4.74 Å². The summed E-state index contributed by atoms with van der Waals surface area (Å²) in [4.78, 5) is 11.3. The van der Waals surface area contributed by atoms with Gasteiger partial charge < -0.3 is 20.3 Å². The van der Waals surface area contributed by atoms with E-state index in [-0.39, 0.29) is 6.61 Å². The molecule has 5 heteroatoms. The van der Waals surface area contributed by atoms with Crippen molar-refractivity contribution in [3.8, 4) is 0 Å². The van der Waals surface area contributed by atoms with Crippen LogP contribution in [0.25, 0.3) is 0 Å². The predicted molar refractivity (Wildman–Crippen MR) is 98.1 cm³/mol. The topological polar surface area (TPSA) is 78.8 Å². The monoisotopic (exact) mass is 345 g/mol. The molecule has 0 aliphatic carbocycles. The third-order valence-corrected chi connectivity index (χ3v) is 4.17. The van der Waals surface area contributed by atoms with Crippen LogP contribution in [0.3, 0.4) is 0 Å². The highest BCUT2D eigenvalue weighted by Crippen LogP contribution is 2.12. The number of aliphatic hydroxyl groups excluding tert-OH is 2. The van der Waals surface area contributed by atoms with Crippen LogP contribution >= 0.6 is 0 Å². The Morgan fingerprint density at radius 3 is 1.79 bits per heavy atom. The molecule has 0 spiro atoms. The highest BCUT2D eigenvalue weighted by Gasteiger charge is 2.06. The first kappa shape index (κ1) is 23.2. The Kier molecular flexibility index (Phi) is 17.9. The molecule has 0 heterocycles. The molecule has 0 saturated carbocycles. The molecule has 0 radical (unpaired) electrons. The Hall–Kier alpha value is -0.810. The molecular formula is C19H39NO4. The van der Waals surface area contributed by atoms with Gasteiger partial charge in [0.2, 0.25) is 0 Å². The Labute approximate surface area is 148 Å². The lowest BCUT2D eigenvalue weighted by Crippen LogP contribution is -2.29. The van der Waals surface area contributed by atoms with E-state index in [4.69, 9.17) is 14.9 Å². The molecule has 3 N–H and O–H groups in total. The van der Waals surface area contributed by atoms with E-state index in [2.05, 4.69) is 12.2 Å². The van der Waals surface area contributed by atoms with Gasteiger partial charge in [0.25, 0.3) is 0 Å². The molecule has 0 aromatic carbocycles. The third kappa shape index (κ3) is 17.5. The molecule has 0 aliphatic rings. The minimum atomic E-state index is -0.993. The maximum atomic E-state index is 11.3. The Bertz CT molecular complexity index is 274. The fourth-order valence-electron chi connectivity index (χ4n) is 2.61. The van der Waals surface area contributed by atoms with Gasteiger partial charge in [0.05, 0.1) is 6.61 Å². The number of nitrogens with one attached hydrogen (secondary N) is 1. The lowest BCUT2D eigenvalue weighted by Gasteiger charge is -2.09. The minimum Gasteiger partial charge on any atom is -0.447 e. The number of carbonyl (C=O) groups excluding carboxylic acids is 1. The van der Waals surface area contributed by atoms with Gasteiger partial charge in [0.15, 0.2) is 0 Å². The van der Waals surface area contributed by atoms with E-state index in [1.165, 1.54) is 70.6 Å². The largest absolute Gasteiger partial charge is 0.447 e. The van der Waals surface area contributed by atoms with Crippen LogP contribution in [0.2, 0.25) is 0 Å². The van der Waals surface area contributed by atoms with Gasteiger partial charge in [-0.15, -0.1) is 0 Å². The standard InChI is InChI=1S/C19H39NO4/c1-2-3-4-5-6-7-8-9-10-11-12-13-14-15-20-19(23)24-17-18(22)16-21/h18,21-22H,2-17H2,1H3,(H,20,23). The smallest absolute Gasteiger partial charge is 0.407 e. The summed E-state index contributed by atoms with van der Waals surface area (Å²) in [6.45, 7) is 2.30. The number of alkyl carbamates (subject to hydrolysis) is 1. The fraction of sp³-hybridized carbons (Fsp3) is 0.947. The lowest BCUT2D eigenvalue weighted by atomic mass is 10.0. The van der Waals surface area contributed by atoms with Gasteiger partial charge in [-0.25, -0.2) is 4.79 Å². The second-order valence-electron chi connectivity index (χ2n) is 6.60. The summed E-state index contributed by atoms with van der Waals surface area (Å²) in [7, 11) is 0. The number of rotatable bonds is 17. The van der Waals surface area contributed by atoms with Gasteiger partial charge in [-0.05, 0) is 6.42 Å². The van der Waals surface area contributed by atoms with E-state index in [1.54, 1.807) is 0 Å². The number of ether oxygens (including phenoxy) is 1. The summed E-state index contributed by atoms with van der Waals surface area (Å²) in [5, 5.41) is 20.3. The molecule has 1 amide bonds. The first-order chi connectivity index (χ1) is 11.7. The molecule has 1 atom stereocenters. The first-order valence-electron chi connectivity index (χ1n) is 9.90. The van der Waals surface area contributed by atoms with Crippen LogP contribution in [0.15, 0.2) is 0 Å². The van der Waals surface area contributed by atoms with Gasteiger partial charge >= 0.3 is 6.09 Å². The van der Waals surface area contributed by atoms with Crippen molar-refractivity contribution in [3.63, 3.8) is 0 Å². The number of hydrogen-bond donors (Lipinski definition) is 3. The van der Waals surface area contributed by atoms with Crippen molar-refractivity contribution in [2.45, 2.75) is 96.5 Å². The molecule has 24 heavy (non-hydrogen) atoms. The van der Waals surface area contributed by atoms with Crippen molar-refractivity contribution in [2.24, 2.45) is 0 Å². The summed E-state index contributed by atoms with van der Waals surface area (Å²) >= 11 is 0. The molecule has 1 unspecified atom stereocenters. The zero-order valence-electron chi connectivity index (χ0n) is 15.6. The Balaban J connectivity index is 3.13. The number of amides is 1. The van der Waals surface area contributed by atoms with Gasteiger partial charge in [0.1, 0.15) is 12.7 Å². The normalized spacial score (nSPS) is 12.1. The SMILES string of the molecule is CCCCCCCCCCCCCCCNC(=O)OCC(O)CO. The summed E-state index contributed by atoms with van der Waals surface area (Å²) in [5.41, 5.74) is 0. The number of carbonyl (C=O) groups is 1. The predicted octanol–water partition coefficient (Wildman–Crippen LogP) is 4.16. The van der Waals surface area contributed by atoms with E-state index >= 15 is 0 Å². The van der Waals surface area contributed by atoms with Crippen molar-refractivity contribution >= 4 is 6.09 Å². The third-order valence-electron chi connectivity index (χ3n) is 4.17. The molecule has 0 rings (SSSR count). The molecule has 144 valence electrons. The Morgan fingerprint density at radius 2 is 1.33 bits per heavy atom. The fourth-order valence-corrected chi connectivity index (χ4v) is 2.61. The molecule has 0 fully saturated rings. The summed E-state index contributed by atoms with van der Waals surface area (Å²) < 4.78 is 4.75. The summed E-state index contributed by atoms with van der Waals surface area (Å²) in [6.07, 6.45) is 15.4. The second kappa shape index (κ2) is 18.5. The molecule has 0 bridgehead atoms. The van der Waals surface area contributed by atoms with Crippen molar-refractivity contribution in [2.75, 3.05) is 19.8 Å². The van der Waals surface area contributed by atoms with Crippen molar-refractivity contribution in [1.82, 2.24) is 5.32 Å².